The van der Waals surface area contributed by atoms with Crippen LogP contribution in [0.3, 0.4) is 0 Å². The van der Waals surface area contributed by atoms with Crippen LogP contribution in [0.2, 0.25) is 0 Å². The Morgan fingerprint density at radius 1 is 1.08 bits per heavy atom. The Bertz CT molecular complexity index is 653. The molecule has 0 unspecified atom stereocenters. The number of hydrogen-bond acceptors (Lipinski definition) is 3. The third-order valence-corrected chi connectivity index (χ3v) is 5.15. The SMILES string of the molecule is COc1cccc(F)c1C(=O)NC1CCN(C(=O)N2CCCCC2)CC1. The largest absolute Gasteiger partial charge is 0.496 e. The van der Waals surface area contributed by atoms with Crippen LogP contribution in [0, 0.1) is 5.82 Å². The Hall–Kier alpha value is -2.31. The van der Waals surface area contributed by atoms with Gasteiger partial charge in [0, 0.05) is 32.2 Å². The fourth-order valence-corrected chi connectivity index (χ4v) is 3.65. The fraction of sp³-hybridized carbons (Fsp3) is 0.579. The molecule has 2 heterocycles. The number of urea groups is 1. The quantitative estimate of drug-likeness (QED) is 0.898. The number of hydrogen-bond donors (Lipinski definition) is 1. The fourth-order valence-electron chi connectivity index (χ4n) is 3.65. The average molecular weight is 363 g/mol. The molecular weight excluding hydrogens is 337 g/mol. The maximum atomic E-state index is 14.0. The van der Waals surface area contributed by atoms with Crippen LogP contribution in [0.1, 0.15) is 42.5 Å². The van der Waals surface area contributed by atoms with E-state index in [-0.39, 0.29) is 23.4 Å². The van der Waals surface area contributed by atoms with Crippen molar-refractivity contribution in [1.82, 2.24) is 15.1 Å². The lowest BCUT2D eigenvalue weighted by molar-refractivity contribution is 0.0901. The first kappa shape index (κ1) is 18.5. The Balaban J connectivity index is 1.54. The summed E-state index contributed by atoms with van der Waals surface area (Å²) in [5.74, 6) is -0.847. The molecule has 0 aliphatic carbocycles. The Labute approximate surface area is 153 Å². The number of rotatable bonds is 3. The number of methoxy groups -OCH3 is 1. The summed E-state index contributed by atoms with van der Waals surface area (Å²) in [5, 5.41) is 2.88. The van der Waals surface area contributed by atoms with Crippen LogP contribution < -0.4 is 10.1 Å². The lowest BCUT2D eigenvalue weighted by atomic mass is 10.0. The molecule has 0 bridgehead atoms. The van der Waals surface area contributed by atoms with Gasteiger partial charge in [-0.3, -0.25) is 4.79 Å². The molecule has 7 heteroatoms. The Morgan fingerprint density at radius 3 is 2.38 bits per heavy atom. The zero-order chi connectivity index (χ0) is 18.5. The number of ether oxygens (including phenoxy) is 1. The van der Waals surface area contributed by atoms with Crippen LogP contribution in [-0.2, 0) is 0 Å². The van der Waals surface area contributed by atoms with Crippen molar-refractivity contribution in [3.63, 3.8) is 0 Å². The molecule has 3 rings (SSSR count). The standard InChI is InChI=1S/C19H26FN3O3/c1-26-16-7-5-6-15(20)17(16)18(24)21-14-8-12-23(13-9-14)19(25)22-10-3-2-4-11-22/h5-7,14H,2-4,8-13H2,1H3,(H,21,24). The minimum atomic E-state index is -0.598. The summed E-state index contributed by atoms with van der Waals surface area (Å²) in [6.07, 6.45) is 4.67. The van der Waals surface area contributed by atoms with Gasteiger partial charge in [-0.25, -0.2) is 9.18 Å². The molecule has 1 N–H and O–H groups in total. The normalized spacial score (nSPS) is 18.5. The maximum Gasteiger partial charge on any atom is 0.319 e. The molecule has 0 aromatic heterocycles. The number of carbonyl (C=O) groups excluding carboxylic acids is 2. The zero-order valence-corrected chi connectivity index (χ0v) is 15.2. The highest BCUT2D eigenvalue weighted by molar-refractivity contribution is 5.97. The van der Waals surface area contributed by atoms with Gasteiger partial charge in [0.25, 0.3) is 5.91 Å². The highest BCUT2D eigenvalue weighted by Crippen LogP contribution is 2.22. The summed E-state index contributed by atoms with van der Waals surface area (Å²) in [4.78, 5) is 28.8. The van der Waals surface area contributed by atoms with Crippen LogP contribution in [0.15, 0.2) is 18.2 Å². The second kappa shape index (κ2) is 8.38. The van der Waals surface area contributed by atoms with Crippen molar-refractivity contribution in [1.29, 1.82) is 0 Å². The van der Waals surface area contributed by atoms with Gasteiger partial charge in [-0.1, -0.05) is 6.07 Å². The molecule has 0 radical (unpaired) electrons. The maximum absolute atomic E-state index is 14.0. The molecule has 142 valence electrons. The third-order valence-electron chi connectivity index (χ3n) is 5.15. The predicted octanol–water partition coefficient (Wildman–Crippen LogP) is 2.63. The summed E-state index contributed by atoms with van der Waals surface area (Å²) in [5.41, 5.74) is -0.0678. The molecule has 3 amide bonds. The Morgan fingerprint density at radius 2 is 1.73 bits per heavy atom. The first-order valence-electron chi connectivity index (χ1n) is 9.27. The molecule has 2 fully saturated rings. The van der Waals surface area contributed by atoms with Crippen molar-refractivity contribution < 1.29 is 18.7 Å². The van der Waals surface area contributed by atoms with Crippen LogP contribution in [0.4, 0.5) is 9.18 Å². The number of nitrogens with one attached hydrogen (secondary N) is 1. The van der Waals surface area contributed by atoms with Gasteiger partial charge in [-0.2, -0.15) is 0 Å². The lowest BCUT2D eigenvalue weighted by Gasteiger charge is -2.37. The van der Waals surface area contributed by atoms with Gasteiger partial charge >= 0.3 is 6.03 Å². The second-order valence-corrected chi connectivity index (χ2v) is 6.88. The molecule has 6 nitrogen and oxygen atoms in total. The monoisotopic (exact) mass is 363 g/mol. The highest BCUT2D eigenvalue weighted by atomic mass is 19.1. The van der Waals surface area contributed by atoms with Gasteiger partial charge in [0.05, 0.1) is 7.11 Å². The van der Waals surface area contributed by atoms with Crippen molar-refractivity contribution in [2.24, 2.45) is 0 Å². The van der Waals surface area contributed by atoms with Crippen LogP contribution >= 0.6 is 0 Å². The van der Waals surface area contributed by atoms with Gasteiger partial charge in [0.1, 0.15) is 17.1 Å². The van der Waals surface area contributed by atoms with Gasteiger partial charge in [0.15, 0.2) is 0 Å². The first-order chi connectivity index (χ1) is 12.6. The average Bonchev–Trinajstić information content (AvgIpc) is 2.68. The van der Waals surface area contributed by atoms with Gasteiger partial charge in [-0.05, 0) is 44.2 Å². The number of benzene rings is 1. The number of halogens is 1. The van der Waals surface area contributed by atoms with Crippen molar-refractivity contribution in [2.45, 2.75) is 38.1 Å². The van der Waals surface area contributed by atoms with Crippen LogP contribution in [-0.4, -0.2) is 61.1 Å². The predicted molar refractivity (Wildman–Crippen MR) is 95.8 cm³/mol. The van der Waals surface area contributed by atoms with E-state index in [1.165, 1.54) is 25.7 Å². The topological polar surface area (TPSA) is 61.9 Å². The summed E-state index contributed by atoms with van der Waals surface area (Å²) < 4.78 is 19.1. The van der Waals surface area contributed by atoms with E-state index >= 15 is 0 Å². The van der Waals surface area contributed by atoms with Crippen molar-refractivity contribution in [2.75, 3.05) is 33.3 Å². The second-order valence-electron chi connectivity index (χ2n) is 6.88. The minimum Gasteiger partial charge on any atom is -0.496 e. The number of nitrogens with zero attached hydrogens (tertiary/aromatic N) is 2. The van der Waals surface area contributed by atoms with E-state index in [0.717, 1.165) is 25.9 Å². The molecule has 0 atom stereocenters. The van der Waals surface area contributed by atoms with Crippen LogP contribution in [0.25, 0.3) is 0 Å². The minimum absolute atomic E-state index is 0.0678. The van der Waals surface area contributed by atoms with E-state index in [4.69, 9.17) is 4.74 Å². The molecule has 2 saturated heterocycles. The summed E-state index contributed by atoms with van der Waals surface area (Å²) in [7, 11) is 1.41. The number of likely N-dealkylation sites (tertiary alicyclic amines) is 2. The van der Waals surface area contributed by atoms with E-state index in [2.05, 4.69) is 5.32 Å². The van der Waals surface area contributed by atoms with E-state index in [9.17, 15) is 14.0 Å². The van der Waals surface area contributed by atoms with E-state index in [0.29, 0.717) is 25.9 Å². The third kappa shape index (κ3) is 4.08. The molecule has 0 saturated carbocycles. The van der Waals surface area contributed by atoms with E-state index in [1.807, 2.05) is 9.80 Å². The molecule has 2 aliphatic rings. The molecule has 0 spiro atoms. The molecule has 1 aromatic rings. The van der Waals surface area contributed by atoms with E-state index < -0.39 is 11.7 Å². The number of amides is 3. The van der Waals surface area contributed by atoms with Gasteiger partial charge in [0.2, 0.25) is 0 Å². The molecular formula is C19H26FN3O3. The van der Waals surface area contributed by atoms with Gasteiger partial charge in [-0.15, -0.1) is 0 Å². The number of carbonyl (C=O) groups is 2. The van der Waals surface area contributed by atoms with Crippen molar-refractivity contribution in [3.8, 4) is 5.75 Å². The zero-order valence-electron chi connectivity index (χ0n) is 15.2. The molecule has 2 aliphatic heterocycles. The summed E-state index contributed by atoms with van der Waals surface area (Å²) in [6.45, 7) is 2.88. The molecule has 26 heavy (non-hydrogen) atoms. The van der Waals surface area contributed by atoms with Crippen LogP contribution in [0.5, 0.6) is 5.75 Å². The highest BCUT2D eigenvalue weighted by Gasteiger charge is 2.28. The number of piperidine rings is 2. The smallest absolute Gasteiger partial charge is 0.319 e. The molecule has 1 aromatic carbocycles. The Kier molecular flexibility index (Phi) is 5.96. The van der Waals surface area contributed by atoms with E-state index in [1.54, 1.807) is 6.07 Å². The van der Waals surface area contributed by atoms with Crippen molar-refractivity contribution in [3.05, 3.63) is 29.6 Å². The van der Waals surface area contributed by atoms with Crippen molar-refractivity contribution >= 4 is 11.9 Å². The summed E-state index contributed by atoms with van der Waals surface area (Å²) >= 11 is 0. The lowest BCUT2D eigenvalue weighted by Crippen LogP contribution is -2.51. The van der Waals surface area contributed by atoms with Gasteiger partial charge < -0.3 is 19.9 Å². The summed E-state index contributed by atoms with van der Waals surface area (Å²) in [6, 6.07) is 4.35. The first-order valence-corrected chi connectivity index (χ1v) is 9.27.